The predicted octanol–water partition coefficient (Wildman–Crippen LogP) is 1.84. The molecule has 2 saturated heterocycles. The lowest BCUT2D eigenvalue weighted by Gasteiger charge is -2.37. The molecule has 1 atom stereocenters. The van der Waals surface area contributed by atoms with Crippen molar-refractivity contribution in [3.63, 3.8) is 0 Å². The normalized spacial score (nSPS) is 23.3. The molecule has 138 valence electrons. The topological polar surface area (TPSA) is 53.6 Å². The van der Waals surface area contributed by atoms with Gasteiger partial charge in [0.15, 0.2) is 0 Å². The summed E-state index contributed by atoms with van der Waals surface area (Å²) in [6, 6.07) is 0.400. The molecule has 5 nitrogen and oxygen atoms in total. The molecule has 2 rings (SSSR count). The largest absolute Gasteiger partial charge is 0.368 e. The van der Waals surface area contributed by atoms with Crippen molar-refractivity contribution >= 4 is 30.7 Å². The predicted molar refractivity (Wildman–Crippen MR) is 98.8 cm³/mol. The van der Waals surface area contributed by atoms with Gasteiger partial charge >= 0.3 is 0 Å². The van der Waals surface area contributed by atoms with Gasteiger partial charge in [-0.05, 0) is 64.7 Å². The van der Waals surface area contributed by atoms with Crippen molar-refractivity contribution in [2.24, 2.45) is 5.92 Å². The van der Waals surface area contributed by atoms with E-state index < -0.39 is 5.60 Å². The molecule has 23 heavy (non-hydrogen) atoms. The molecule has 0 aromatic rings. The van der Waals surface area contributed by atoms with E-state index in [0.717, 1.165) is 44.9 Å². The smallest absolute Gasteiger partial charge is 0.252 e. The molecule has 0 radical (unpaired) electrons. The van der Waals surface area contributed by atoms with Crippen LogP contribution in [0.15, 0.2) is 0 Å². The van der Waals surface area contributed by atoms with Gasteiger partial charge in [-0.2, -0.15) is 0 Å². The Kier molecular flexibility index (Phi) is 10.7. The van der Waals surface area contributed by atoms with Gasteiger partial charge in [0.25, 0.3) is 5.91 Å². The first-order chi connectivity index (χ1) is 10.1. The summed E-state index contributed by atoms with van der Waals surface area (Å²) in [4.78, 5) is 15.0. The highest BCUT2D eigenvalue weighted by molar-refractivity contribution is 5.86. The van der Waals surface area contributed by atoms with E-state index in [4.69, 9.17) is 4.74 Å². The first kappa shape index (κ1) is 22.9. The van der Waals surface area contributed by atoms with Crippen LogP contribution < -0.4 is 10.6 Å². The van der Waals surface area contributed by atoms with E-state index in [0.29, 0.717) is 12.6 Å². The molecule has 7 heteroatoms. The minimum absolute atomic E-state index is 0. The average molecular weight is 370 g/mol. The Morgan fingerprint density at radius 3 is 2.39 bits per heavy atom. The molecule has 0 aliphatic carbocycles. The van der Waals surface area contributed by atoms with Crippen LogP contribution in [-0.4, -0.2) is 62.3 Å². The summed E-state index contributed by atoms with van der Waals surface area (Å²) in [6.45, 7) is 9.24. The van der Waals surface area contributed by atoms with Gasteiger partial charge in [-0.1, -0.05) is 6.92 Å². The van der Waals surface area contributed by atoms with Gasteiger partial charge in [0.1, 0.15) is 5.60 Å². The van der Waals surface area contributed by atoms with Gasteiger partial charge < -0.3 is 15.4 Å². The third-order valence-electron chi connectivity index (χ3n) is 5.22. The Bertz CT molecular complexity index is 344. The van der Waals surface area contributed by atoms with Crippen molar-refractivity contribution in [2.75, 3.05) is 39.8 Å². The summed E-state index contributed by atoms with van der Waals surface area (Å²) in [5.41, 5.74) is -0.624. The molecule has 1 unspecified atom stereocenters. The van der Waals surface area contributed by atoms with Crippen LogP contribution in [0.2, 0.25) is 0 Å². The Morgan fingerprint density at radius 1 is 1.30 bits per heavy atom. The van der Waals surface area contributed by atoms with Gasteiger partial charge in [-0.15, -0.1) is 24.8 Å². The number of methoxy groups -OCH3 is 1. The fraction of sp³-hybridized carbons (Fsp3) is 0.938. The molecule has 2 aliphatic rings. The second kappa shape index (κ2) is 10.7. The molecule has 2 heterocycles. The van der Waals surface area contributed by atoms with Gasteiger partial charge in [-0.3, -0.25) is 9.69 Å². The van der Waals surface area contributed by atoms with Gasteiger partial charge in [0.2, 0.25) is 0 Å². The van der Waals surface area contributed by atoms with Crippen molar-refractivity contribution in [3.05, 3.63) is 0 Å². The van der Waals surface area contributed by atoms with Crippen LogP contribution >= 0.6 is 24.8 Å². The Labute approximate surface area is 153 Å². The fourth-order valence-corrected chi connectivity index (χ4v) is 3.35. The number of amides is 1. The van der Waals surface area contributed by atoms with E-state index in [9.17, 15) is 4.79 Å². The second-order valence-electron chi connectivity index (χ2n) is 6.73. The van der Waals surface area contributed by atoms with E-state index in [-0.39, 0.29) is 30.7 Å². The van der Waals surface area contributed by atoms with E-state index in [1.54, 1.807) is 7.11 Å². The van der Waals surface area contributed by atoms with Crippen LogP contribution in [0.1, 0.15) is 39.5 Å². The molecule has 0 saturated carbocycles. The number of halogens is 2. The second-order valence-corrected chi connectivity index (χ2v) is 6.73. The molecule has 0 aromatic heterocycles. The molecule has 2 fully saturated rings. The minimum atomic E-state index is -0.624. The number of hydrogen-bond acceptors (Lipinski definition) is 4. The minimum Gasteiger partial charge on any atom is -0.368 e. The highest BCUT2D eigenvalue weighted by Gasteiger charge is 2.39. The number of likely N-dealkylation sites (tertiary alicyclic amines) is 1. The highest BCUT2D eigenvalue weighted by atomic mass is 35.5. The third-order valence-corrected chi connectivity index (χ3v) is 5.22. The molecule has 1 amide bonds. The maximum Gasteiger partial charge on any atom is 0.252 e. The number of hydrogen-bond donors (Lipinski definition) is 2. The van der Waals surface area contributed by atoms with Gasteiger partial charge in [0.05, 0.1) is 0 Å². The SMILES string of the molecule is COC1(C(=O)NCC(C)N2CCC(C)CC2)CCNCC1.Cl.Cl. The summed E-state index contributed by atoms with van der Waals surface area (Å²) in [6.07, 6.45) is 4.05. The Hall–Kier alpha value is -0.0700. The number of ether oxygens (including phenoxy) is 1. The Morgan fingerprint density at radius 2 is 1.87 bits per heavy atom. The van der Waals surface area contributed by atoms with Crippen molar-refractivity contribution < 1.29 is 9.53 Å². The van der Waals surface area contributed by atoms with E-state index in [1.165, 1.54) is 12.8 Å². The molecule has 0 aromatic carbocycles. The first-order valence-electron chi connectivity index (χ1n) is 8.35. The summed E-state index contributed by atoms with van der Waals surface area (Å²) >= 11 is 0. The number of nitrogens with one attached hydrogen (secondary N) is 2. The summed E-state index contributed by atoms with van der Waals surface area (Å²) < 4.78 is 5.57. The van der Waals surface area contributed by atoms with Crippen molar-refractivity contribution in [3.8, 4) is 0 Å². The van der Waals surface area contributed by atoms with Crippen LogP contribution in [0.3, 0.4) is 0 Å². The monoisotopic (exact) mass is 369 g/mol. The fourth-order valence-electron chi connectivity index (χ4n) is 3.35. The van der Waals surface area contributed by atoms with Crippen molar-refractivity contribution in [1.29, 1.82) is 0 Å². The van der Waals surface area contributed by atoms with E-state index in [2.05, 4.69) is 29.4 Å². The summed E-state index contributed by atoms with van der Waals surface area (Å²) in [7, 11) is 1.65. The maximum absolute atomic E-state index is 12.5. The number of carbonyl (C=O) groups is 1. The highest BCUT2D eigenvalue weighted by Crippen LogP contribution is 2.23. The zero-order chi connectivity index (χ0) is 15.3. The third kappa shape index (κ3) is 6.05. The van der Waals surface area contributed by atoms with Crippen LogP contribution in [0.25, 0.3) is 0 Å². The van der Waals surface area contributed by atoms with Crippen molar-refractivity contribution in [1.82, 2.24) is 15.5 Å². The lowest BCUT2D eigenvalue weighted by atomic mass is 9.91. The van der Waals surface area contributed by atoms with Crippen molar-refractivity contribution in [2.45, 2.75) is 51.2 Å². The standard InChI is InChI=1S/C16H31N3O2.2ClH/c1-13-4-10-19(11-5-13)14(2)12-18-15(20)16(21-3)6-8-17-9-7-16;;/h13-14,17H,4-12H2,1-3H3,(H,18,20);2*1H. The number of nitrogens with zero attached hydrogens (tertiary/aromatic N) is 1. The zero-order valence-electron chi connectivity index (χ0n) is 14.6. The molecule has 0 bridgehead atoms. The molecule has 2 aliphatic heterocycles. The average Bonchev–Trinajstić information content (AvgIpc) is 2.53. The lowest BCUT2D eigenvalue weighted by molar-refractivity contribution is -0.147. The van der Waals surface area contributed by atoms with E-state index >= 15 is 0 Å². The van der Waals surface area contributed by atoms with Crippen LogP contribution in [0, 0.1) is 5.92 Å². The van der Waals surface area contributed by atoms with Gasteiger partial charge in [-0.25, -0.2) is 0 Å². The van der Waals surface area contributed by atoms with E-state index in [1.807, 2.05) is 0 Å². The molecular weight excluding hydrogens is 337 g/mol. The Balaban J connectivity index is 0.00000242. The first-order valence-corrected chi connectivity index (χ1v) is 8.35. The van der Waals surface area contributed by atoms with Crippen LogP contribution in [0.4, 0.5) is 0 Å². The quantitative estimate of drug-likeness (QED) is 0.776. The zero-order valence-corrected chi connectivity index (χ0v) is 16.2. The molecule has 2 N–H and O–H groups in total. The molecule has 0 spiro atoms. The van der Waals surface area contributed by atoms with Crippen LogP contribution in [0.5, 0.6) is 0 Å². The number of carbonyl (C=O) groups excluding carboxylic acids is 1. The summed E-state index contributed by atoms with van der Waals surface area (Å²) in [5, 5.41) is 6.40. The van der Waals surface area contributed by atoms with Gasteiger partial charge in [0, 0.05) is 19.7 Å². The maximum atomic E-state index is 12.5. The number of rotatable bonds is 5. The van der Waals surface area contributed by atoms with Crippen LogP contribution in [-0.2, 0) is 9.53 Å². The number of piperidine rings is 2. The molecular formula is C16H33Cl2N3O2. The summed E-state index contributed by atoms with van der Waals surface area (Å²) in [5.74, 6) is 0.901. The lowest BCUT2D eigenvalue weighted by Crippen LogP contribution is -2.56.